The lowest BCUT2D eigenvalue weighted by Crippen LogP contribution is -2.43. The first-order chi connectivity index (χ1) is 19.0. The zero-order chi connectivity index (χ0) is 27.9. The zero-order valence-electron chi connectivity index (χ0n) is 24.6. The molecule has 0 amide bonds. The fourth-order valence-electron chi connectivity index (χ4n) is 4.92. The van der Waals surface area contributed by atoms with Crippen LogP contribution in [0.25, 0.3) is 0 Å². The molecule has 0 unspecified atom stereocenters. The molecule has 0 aliphatic carbocycles. The largest absolute Gasteiger partial charge is 0.496 e. The Bertz CT molecular complexity index is 983. The predicted octanol–water partition coefficient (Wildman–Crippen LogP) is 4.43. The summed E-state index contributed by atoms with van der Waals surface area (Å²) in [5.41, 5.74) is 9.03. The summed E-state index contributed by atoms with van der Waals surface area (Å²) in [6.45, 7) is 14.0. The first-order valence-corrected chi connectivity index (χ1v) is 14.7. The molecule has 39 heavy (non-hydrogen) atoms. The fourth-order valence-corrected chi connectivity index (χ4v) is 4.92. The number of nitrogens with one attached hydrogen (secondary N) is 2. The van der Waals surface area contributed by atoms with Crippen molar-refractivity contribution in [3.05, 3.63) is 35.0 Å². The van der Waals surface area contributed by atoms with Gasteiger partial charge in [-0.3, -0.25) is 0 Å². The highest BCUT2D eigenvalue weighted by molar-refractivity contribution is 5.54. The van der Waals surface area contributed by atoms with Crippen LogP contribution in [0.15, 0.2) is 18.2 Å². The van der Waals surface area contributed by atoms with Crippen LogP contribution in [-0.2, 0) is 11.2 Å². The number of aryl methyl sites for hydroxylation is 1. The number of nitrogen functional groups attached to an aromatic ring is 1. The summed E-state index contributed by atoms with van der Waals surface area (Å²) < 4.78 is 17.7. The van der Waals surface area contributed by atoms with Crippen LogP contribution >= 0.6 is 0 Å². The number of piperazine rings is 1. The van der Waals surface area contributed by atoms with Crippen LogP contribution in [0.1, 0.15) is 69.2 Å². The van der Waals surface area contributed by atoms with E-state index >= 15 is 0 Å². The van der Waals surface area contributed by atoms with Gasteiger partial charge < -0.3 is 35.5 Å². The third-order valence-electron chi connectivity index (χ3n) is 7.18. The minimum atomic E-state index is 0.253. The molecule has 1 aliphatic heterocycles. The third kappa shape index (κ3) is 10.5. The van der Waals surface area contributed by atoms with Gasteiger partial charge in [0.1, 0.15) is 17.3 Å². The number of aromatic nitrogens is 2. The third-order valence-corrected chi connectivity index (χ3v) is 7.18. The summed E-state index contributed by atoms with van der Waals surface area (Å²) in [5, 5.41) is 7.06. The Morgan fingerprint density at radius 2 is 1.87 bits per heavy atom. The number of hydrogen-bond acceptors (Lipinski definition) is 9. The van der Waals surface area contributed by atoms with Gasteiger partial charge in [-0.25, -0.2) is 4.98 Å². The molecular formula is C30H50N6O3. The second kappa shape index (κ2) is 17.2. The molecule has 2 aromatic rings. The summed E-state index contributed by atoms with van der Waals surface area (Å²) in [6.07, 6.45) is 6.91. The molecule has 2 heterocycles. The molecule has 1 aliphatic rings. The van der Waals surface area contributed by atoms with E-state index in [-0.39, 0.29) is 12.0 Å². The van der Waals surface area contributed by atoms with Crippen LogP contribution in [0.2, 0.25) is 0 Å². The molecule has 3 rings (SSSR count). The van der Waals surface area contributed by atoms with Crippen molar-refractivity contribution in [1.29, 1.82) is 0 Å². The molecule has 1 aromatic heterocycles. The lowest BCUT2D eigenvalue weighted by atomic mass is 10.0. The van der Waals surface area contributed by atoms with Crippen LogP contribution < -0.4 is 25.8 Å². The summed E-state index contributed by atoms with van der Waals surface area (Å²) in [4.78, 5) is 11.6. The average Bonchev–Trinajstić information content (AvgIpc) is 2.94. The highest BCUT2D eigenvalue weighted by Gasteiger charge is 2.18. The van der Waals surface area contributed by atoms with E-state index in [2.05, 4.69) is 45.4 Å². The molecular weight excluding hydrogens is 492 g/mol. The Balaban J connectivity index is 1.65. The summed E-state index contributed by atoms with van der Waals surface area (Å²) in [6, 6.07) is 6.34. The van der Waals surface area contributed by atoms with Crippen molar-refractivity contribution in [3.63, 3.8) is 0 Å². The second-order valence-electron chi connectivity index (χ2n) is 10.3. The molecule has 4 N–H and O–H groups in total. The molecule has 1 fully saturated rings. The standard InChI is InChI=1S/C30H50N6O3/c1-5-7-18-38-20-12-25(9-6-2)34-29-27(23(3)33-30(31)35-29)21-24-10-11-26(22-28(24)37-4)39-19-8-15-36-16-13-32-14-17-36/h10-11,22,25,32H,5-9,12-21H2,1-4H3,(H3,31,33,34,35)/t25-/m0/s1. The summed E-state index contributed by atoms with van der Waals surface area (Å²) in [7, 11) is 1.70. The maximum Gasteiger partial charge on any atom is 0.222 e. The number of rotatable bonds is 18. The van der Waals surface area contributed by atoms with Gasteiger partial charge in [0, 0.05) is 75.7 Å². The normalized spacial score (nSPS) is 14.8. The lowest BCUT2D eigenvalue weighted by molar-refractivity contribution is 0.125. The van der Waals surface area contributed by atoms with Crippen molar-refractivity contribution >= 4 is 11.8 Å². The van der Waals surface area contributed by atoms with E-state index in [4.69, 9.17) is 19.9 Å². The van der Waals surface area contributed by atoms with Crippen molar-refractivity contribution in [3.8, 4) is 11.5 Å². The molecule has 0 radical (unpaired) electrons. The SMILES string of the molecule is CCCCOCC[C@H](CCC)Nc1nc(N)nc(C)c1Cc1ccc(OCCCN2CCNCC2)cc1OC. The number of methoxy groups -OCH3 is 1. The number of hydrogen-bond donors (Lipinski definition) is 3. The number of nitrogens with two attached hydrogens (primary N) is 1. The smallest absolute Gasteiger partial charge is 0.222 e. The van der Waals surface area contributed by atoms with Gasteiger partial charge in [-0.2, -0.15) is 4.98 Å². The van der Waals surface area contributed by atoms with Gasteiger partial charge in [-0.05, 0) is 44.2 Å². The molecule has 0 saturated carbocycles. The Kier molecular flexibility index (Phi) is 13.6. The topological polar surface area (TPSA) is 107 Å². The van der Waals surface area contributed by atoms with Gasteiger partial charge in [-0.15, -0.1) is 0 Å². The molecule has 1 aromatic carbocycles. The van der Waals surface area contributed by atoms with E-state index in [0.29, 0.717) is 13.0 Å². The first-order valence-electron chi connectivity index (χ1n) is 14.7. The summed E-state index contributed by atoms with van der Waals surface area (Å²) in [5.74, 6) is 2.70. The fraction of sp³-hybridized carbons (Fsp3) is 0.667. The van der Waals surface area contributed by atoms with E-state index in [1.807, 2.05) is 19.1 Å². The number of unbranched alkanes of at least 4 members (excludes halogenated alkanes) is 1. The summed E-state index contributed by atoms with van der Waals surface area (Å²) >= 11 is 0. The van der Waals surface area contributed by atoms with Crippen LogP contribution in [0, 0.1) is 6.92 Å². The highest BCUT2D eigenvalue weighted by Crippen LogP contribution is 2.30. The molecule has 1 atom stereocenters. The monoisotopic (exact) mass is 542 g/mol. The Morgan fingerprint density at radius 3 is 2.62 bits per heavy atom. The maximum absolute atomic E-state index is 6.07. The van der Waals surface area contributed by atoms with E-state index < -0.39 is 0 Å². The van der Waals surface area contributed by atoms with Crippen molar-refractivity contribution in [1.82, 2.24) is 20.2 Å². The number of benzene rings is 1. The van der Waals surface area contributed by atoms with E-state index in [0.717, 1.165) is 119 Å². The first kappa shape index (κ1) is 30.9. The van der Waals surface area contributed by atoms with E-state index in [1.54, 1.807) is 7.11 Å². The highest BCUT2D eigenvalue weighted by atomic mass is 16.5. The van der Waals surface area contributed by atoms with Crippen molar-refractivity contribution in [2.45, 2.75) is 71.8 Å². The number of anilines is 2. The molecule has 0 bridgehead atoms. The zero-order valence-corrected chi connectivity index (χ0v) is 24.6. The van der Waals surface area contributed by atoms with E-state index in [9.17, 15) is 0 Å². The number of ether oxygens (including phenoxy) is 3. The van der Waals surface area contributed by atoms with Gasteiger partial charge in [0.25, 0.3) is 0 Å². The number of nitrogens with zero attached hydrogens (tertiary/aromatic N) is 3. The maximum atomic E-state index is 6.07. The average molecular weight is 543 g/mol. The van der Waals surface area contributed by atoms with Gasteiger partial charge in [-0.1, -0.05) is 32.8 Å². The quantitative estimate of drug-likeness (QED) is 0.236. The van der Waals surface area contributed by atoms with Crippen LogP contribution in [0.4, 0.5) is 11.8 Å². The molecule has 9 heteroatoms. The van der Waals surface area contributed by atoms with Gasteiger partial charge in [0.2, 0.25) is 5.95 Å². The molecule has 9 nitrogen and oxygen atoms in total. The van der Waals surface area contributed by atoms with Crippen molar-refractivity contribution in [2.24, 2.45) is 0 Å². The molecule has 0 spiro atoms. The van der Waals surface area contributed by atoms with Crippen LogP contribution in [-0.4, -0.2) is 80.6 Å². The van der Waals surface area contributed by atoms with Gasteiger partial charge in [0.05, 0.1) is 13.7 Å². The Labute approximate surface area is 235 Å². The molecule has 1 saturated heterocycles. The van der Waals surface area contributed by atoms with Crippen molar-refractivity contribution in [2.75, 3.05) is 70.7 Å². The second-order valence-corrected chi connectivity index (χ2v) is 10.3. The van der Waals surface area contributed by atoms with Crippen LogP contribution in [0.3, 0.4) is 0 Å². The van der Waals surface area contributed by atoms with Gasteiger partial charge >= 0.3 is 0 Å². The molecule has 218 valence electrons. The van der Waals surface area contributed by atoms with Crippen molar-refractivity contribution < 1.29 is 14.2 Å². The lowest BCUT2D eigenvalue weighted by Gasteiger charge is -2.27. The van der Waals surface area contributed by atoms with Crippen LogP contribution in [0.5, 0.6) is 11.5 Å². The van der Waals surface area contributed by atoms with Gasteiger partial charge in [0.15, 0.2) is 0 Å². The Morgan fingerprint density at radius 1 is 1.05 bits per heavy atom. The predicted molar refractivity (Wildman–Crippen MR) is 159 cm³/mol. The minimum absolute atomic E-state index is 0.253. The Hall–Kier alpha value is -2.62. The minimum Gasteiger partial charge on any atom is -0.496 e. The van der Waals surface area contributed by atoms with E-state index in [1.165, 1.54) is 0 Å².